The zero-order valence-corrected chi connectivity index (χ0v) is 8.29. The van der Waals surface area contributed by atoms with Crippen LogP contribution in [0.3, 0.4) is 0 Å². The lowest BCUT2D eigenvalue weighted by molar-refractivity contribution is 0.166. The predicted molar refractivity (Wildman–Crippen MR) is 53.2 cm³/mol. The Hall–Kier alpha value is -0.340. The third-order valence-electron chi connectivity index (χ3n) is 2.08. The summed E-state index contributed by atoms with van der Waals surface area (Å²) < 4.78 is 0. The van der Waals surface area contributed by atoms with Gasteiger partial charge >= 0.3 is 0 Å². The molecule has 0 aromatic rings. The van der Waals surface area contributed by atoms with Crippen molar-refractivity contribution in [3.63, 3.8) is 0 Å². The van der Waals surface area contributed by atoms with Crippen molar-refractivity contribution in [3.05, 3.63) is 12.7 Å². The van der Waals surface area contributed by atoms with Crippen molar-refractivity contribution in [1.29, 1.82) is 0 Å². The predicted octanol–water partition coefficient (Wildman–Crippen LogP) is 1.66. The molecule has 0 rings (SSSR count). The molecular weight excluding hydrogens is 150 g/mol. The van der Waals surface area contributed by atoms with E-state index in [-0.39, 0.29) is 6.61 Å². The lowest BCUT2D eigenvalue weighted by Gasteiger charge is -2.26. The Kier molecular flexibility index (Phi) is 7.11. The van der Waals surface area contributed by atoms with Gasteiger partial charge < -0.3 is 5.11 Å². The molecule has 0 fully saturated rings. The van der Waals surface area contributed by atoms with Crippen LogP contribution in [0.4, 0.5) is 0 Å². The fraction of sp³-hybridized carbons (Fsp3) is 0.800. The van der Waals surface area contributed by atoms with Crippen LogP contribution in [-0.4, -0.2) is 35.7 Å². The van der Waals surface area contributed by atoms with Crippen LogP contribution >= 0.6 is 0 Å². The summed E-state index contributed by atoms with van der Waals surface area (Å²) in [5, 5.41) is 8.80. The summed E-state index contributed by atoms with van der Waals surface area (Å²) in [5.74, 6) is 0. The number of rotatable bonds is 7. The topological polar surface area (TPSA) is 23.5 Å². The van der Waals surface area contributed by atoms with Crippen molar-refractivity contribution in [2.45, 2.75) is 32.7 Å². The summed E-state index contributed by atoms with van der Waals surface area (Å²) in [5.41, 5.74) is 0. The molecule has 0 aliphatic carbocycles. The first-order valence-electron chi connectivity index (χ1n) is 4.72. The van der Waals surface area contributed by atoms with Crippen LogP contribution in [0.2, 0.25) is 0 Å². The smallest absolute Gasteiger partial charge is 0.0558 e. The van der Waals surface area contributed by atoms with Crippen molar-refractivity contribution < 1.29 is 5.11 Å². The van der Waals surface area contributed by atoms with Gasteiger partial charge in [0.15, 0.2) is 0 Å². The van der Waals surface area contributed by atoms with E-state index >= 15 is 0 Å². The molecular formula is C10H21NO. The van der Waals surface area contributed by atoms with Gasteiger partial charge in [-0.15, -0.1) is 6.58 Å². The summed E-state index contributed by atoms with van der Waals surface area (Å²) in [6, 6.07) is 0.556. The summed E-state index contributed by atoms with van der Waals surface area (Å²) >= 11 is 0. The SMILES string of the molecule is C=CCN(CCO)C(C)CCC. The second-order valence-corrected chi connectivity index (χ2v) is 3.14. The molecule has 1 unspecified atom stereocenters. The second-order valence-electron chi connectivity index (χ2n) is 3.14. The van der Waals surface area contributed by atoms with Crippen LogP contribution in [0, 0.1) is 0 Å². The van der Waals surface area contributed by atoms with Gasteiger partial charge in [0, 0.05) is 19.1 Å². The Morgan fingerprint density at radius 3 is 2.67 bits per heavy atom. The van der Waals surface area contributed by atoms with Crippen LogP contribution in [-0.2, 0) is 0 Å². The first kappa shape index (κ1) is 11.7. The molecule has 0 aliphatic rings. The molecule has 0 amide bonds. The van der Waals surface area contributed by atoms with Crippen LogP contribution in [0.5, 0.6) is 0 Å². The molecule has 0 saturated carbocycles. The summed E-state index contributed by atoms with van der Waals surface area (Å²) in [7, 11) is 0. The molecule has 0 aromatic heterocycles. The zero-order chi connectivity index (χ0) is 9.40. The molecule has 12 heavy (non-hydrogen) atoms. The molecule has 2 heteroatoms. The van der Waals surface area contributed by atoms with Gasteiger partial charge in [0.1, 0.15) is 0 Å². The Labute approximate surface area is 75.9 Å². The summed E-state index contributed by atoms with van der Waals surface area (Å²) in [6.45, 7) is 9.95. The number of aliphatic hydroxyl groups excluding tert-OH is 1. The standard InChI is InChI=1S/C10H21NO/c1-4-6-10(3)11(7-5-2)8-9-12/h5,10,12H,2,4,6-9H2,1,3H3. The normalized spacial score (nSPS) is 13.3. The van der Waals surface area contributed by atoms with Gasteiger partial charge in [0.25, 0.3) is 0 Å². The monoisotopic (exact) mass is 171 g/mol. The maximum absolute atomic E-state index is 8.80. The van der Waals surface area contributed by atoms with E-state index in [9.17, 15) is 0 Å². The second kappa shape index (κ2) is 7.32. The lowest BCUT2D eigenvalue weighted by Crippen LogP contribution is -2.35. The quantitative estimate of drug-likeness (QED) is 0.589. The maximum Gasteiger partial charge on any atom is 0.0558 e. The molecule has 0 spiro atoms. The van der Waals surface area contributed by atoms with E-state index in [4.69, 9.17) is 5.11 Å². The first-order chi connectivity index (χ1) is 5.76. The third kappa shape index (κ3) is 4.52. The highest BCUT2D eigenvalue weighted by Gasteiger charge is 2.09. The van der Waals surface area contributed by atoms with E-state index in [1.165, 1.54) is 12.8 Å². The molecule has 0 aliphatic heterocycles. The Bertz CT molecular complexity index is 114. The van der Waals surface area contributed by atoms with Crippen LogP contribution in [0.15, 0.2) is 12.7 Å². The Balaban J connectivity index is 3.80. The van der Waals surface area contributed by atoms with Gasteiger partial charge in [-0.2, -0.15) is 0 Å². The average molecular weight is 171 g/mol. The van der Waals surface area contributed by atoms with E-state index < -0.39 is 0 Å². The van der Waals surface area contributed by atoms with E-state index in [1.807, 2.05) is 6.08 Å². The molecule has 0 heterocycles. The largest absolute Gasteiger partial charge is 0.395 e. The summed E-state index contributed by atoms with van der Waals surface area (Å²) in [4.78, 5) is 2.25. The van der Waals surface area contributed by atoms with Crippen molar-refractivity contribution in [3.8, 4) is 0 Å². The lowest BCUT2D eigenvalue weighted by atomic mass is 10.1. The van der Waals surface area contributed by atoms with E-state index in [0.717, 1.165) is 13.1 Å². The molecule has 72 valence electrons. The average Bonchev–Trinajstić information content (AvgIpc) is 2.04. The molecule has 0 radical (unpaired) electrons. The number of hydrogen-bond donors (Lipinski definition) is 1. The Morgan fingerprint density at radius 1 is 1.58 bits per heavy atom. The van der Waals surface area contributed by atoms with Crippen molar-refractivity contribution >= 4 is 0 Å². The fourth-order valence-corrected chi connectivity index (χ4v) is 1.39. The number of nitrogens with zero attached hydrogens (tertiary/aromatic N) is 1. The highest BCUT2D eigenvalue weighted by molar-refractivity contribution is 4.76. The Morgan fingerprint density at radius 2 is 2.25 bits per heavy atom. The van der Waals surface area contributed by atoms with E-state index in [0.29, 0.717) is 6.04 Å². The first-order valence-corrected chi connectivity index (χ1v) is 4.72. The van der Waals surface area contributed by atoms with Crippen molar-refractivity contribution in [2.75, 3.05) is 19.7 Å². The minimum absolute atomic E-state index is 0.238. The van der Waals surface area contributed by atoms with Crippen LogP contribution in [0.1, 0.15) is 26.7 Å². The summed E-state index contributed by atoms with van der Waals surface area (Å²) in [6.07, 6.45) is 4.27. The van der Waals surface area contributed by atoms with E-state index in [1.54, 1.807) is 0 Å². The highest BCUT2D eigenvalue weighted by atomic mass is 16.3. The molecule has 1 atom stereocenters. The minimum Gasteiger partial charge on any atom is -0.395 e. The molecule has 1 N–H and O–H groups in total. The van der Waals surface area contributed by atoms with Gasteiger partial charge in [0.05, 0.1) is 6.61 Å². The fourth-order valence-electron chi connectivity index (χ4n) is 1.39. The zero-order valence-electron chi connectivity index (χ0n) is 8.29. The van der Waals surface area contributed by atoms with Gasteiger partial charge in [0.2, 0.25) is 0 Å². The molecule has 0 bridgehead atoms. The highest BCUT2D eigenvalue weighted by Crippen LogP contribution is 2.05. The van der Waals surface area contributed by atoms with Crippen molar-refractivity contribution in [2.24, 2.45) is 0 Å². The van der Waals surface area contributed by atoms with Gasteiger partial charge in [-0.05, 0) is 13.3 Å². The maximum atomic E-state index is 8.80. The van der Waals surface area contributed by atoms with Crippen LogP contribution < -0.4 is 0 Å². The van der Waals surface area contributed by atoms with Gasteiger partial charge in [-0.25, -0.2) is 0 Å². The molecule has 0 aromatic carbocycles. The van der Waals surface area contributed by atoms with Gasteiger partial charge in [-0.1, -0.05) is 19.4 Å². The minimum atomic E-state index is 0.238. The molecule has 0 saturated heterocycles. The number of hydrogen-bond acceptors (Lipinski definition) is 2. The van der Waals surface area contributed by atoms with Crippen molar-refractivity contribution in [1.82, 2.24) is 4.90 Å². The molecule has 2 nitrogen and oxygen atoms in total. The number of aliphatic hydroxyl groups is 1. The van der Waals surface area contributed by atoms with Crippen LogP contribution in [0.25, 0.3) is 0 Å². The van der Waals surface area contributed by atoms with Gasteiger partial charge in [-0.3, -0.25) is 4.90 Å². The van der Waals surface area contributed by atoms with E-state index in [2.05, 4.69) is 25.3 Å². The third-order valence-corrected chi connectivity index (χ3v) is 2.08.